The van der Waals surface area contributed by atoms with Crippen LogP contribution < -0.4 is 0 Å². The van der Waals surface area contributed by atoms with Crippen molar-refractivity contribution in [2.45, 2.75) is 0 Å². The van der Waals surface area contributed by atoms with Gasteiger partial charge in [0.15, 0.2) is 0 Å². The van der Waals surface area contributed by atoms with Crippen LogP contribution in [0.5, 0.6) is 0 Å². The van der Waals surface area contributed by atoms with Gasteiger partial charge in [-0.15, -0.1) is 0 Å². The van der Waals surface area contributed by atoms with Crippen LogP contribution in [0.4, 0.5) is 0 Å². The molecule has 0 saturated heterocycles. The molecule has 0 aliphatic rings. The van der Waals surface area contributed by atoms with Gasteiger partial charge in [0.25, 0.3) is 0 Å². The van der Waals surface area contributed by atoms with Gasteiger partial charge in [0.05, 0.1) is 0 Å². The third-order valence-corrected chi connectivity index (χ3v) is 5.32. The van der Waals surface area contributed by atoms with Crippen LogP contribution in [0.25, 0.3) is 8.87 Å². The molecule has 0 nitrogen and oxygen atoms in total. The molecular weight excluding hydrogens is 254 g/mol. The molecule has 0 saturated carbocycles. The molecule has 2 heteroatoms. The fourth-order valence-corrected chi connectivity index (χ4v) is 4.04. The van der Waals surface area contributed by atoms with Crippen LogP contribution in [0.2, 0.25) is 0 Å². The summed E-state index contributed by atoms with van der Waals surface area (Å²) >= 11 is 0.987. The normalized spacial score (nSPS) is 10.0. The summed E-state index contributed by atoms with van der Waals surface area (Å²) < 4.78 is 2.99. The zero-order chi connectivity index (χ0) is 6.81. The molecule has 0 spiro atoms. The maximum atomic E-state index is 3.22. The van der Waals surface area contributed by atoms with E-state index < -0.39 is 0 Å². The van der Waals surface area contributed by atoms with E-state index in [9.17, 15) is 0 Å². The number of rotatable bonds is 1. The minimum absolute atomic E-state index is 0.493. The number of hydrogen-bond acceptors (Lipinski definition) is 0. The van der Waals surface area contributed by atoms with Gasteiger partial charge in [0.1, 0.15) is 0 Å². The van der Waals surface area contributed by atoms with Crippen LogP contribution in [-0.4, -0.2) is 29.0 Å². The first-order chi connectivity index (χ1) is 4.97. The molecule has 0 atom stereocenters. The van der Waals surface area contributed by atoms with Crippen molar-refractivity contribution in [3.8, 4) is 8.87 Å². The van der Waals surface area contributed by atoms with Crippen molar-refractivity contribution in [1.82, 2.24) is 0 Å². The number of hydrogen-bond donors (Lipinski definition) is 0. The molecule has 0 fully saturated rings. The van der Waals surface area contributed by atoms with Crippen molar-refractivity contribution in [2.75, 3.05) is 0 Å². The first-order valence-corrected chi connectivity index (χ1v) is 6.31. The topological polar surface area (TPSA) is 0 Å². The molecule has 2 aromatic heterocycles. The molecule has 0 aromatic carbocycles. The van der Waals surface area contributed by atoms with Crippen LogP contribution in [0, 0.1) is 9.88 Å². The monoisotopic (exact) mass is 260 g/mol. The molecule has 2 radical (unpaired) electrons. The van der Waals surface area contributed by atoms with Crippen molar-refractivity contribution in [3.05, 3.63) is 34.1 Å². The molecule has 0 amide bonds. The standard InChI is InChI=1S/C8H4Se2/c1-3-7(9-5-1)8-4-2-6-10-8/h1-4H. The van der Waals surface area contributed by atoms with Gasteiger partial charge in [0, 0.05) is 0 Å². The van der Waals surface area contributed by atoms with E-state index in [0.717, 1.165) is 0 Å². The van der Waals surface area contributed by atoms with E-state index >= 15 is 0 Å². The van der Waals surface area contributed by atoms with E-state index in [-0.39, 0.29) is 0 Å². The second-order valence-electron chi connectivity index (χ2n) is 1.83. The Balaban J connectivity index is 2.48. The summed E-state index contributed by atoms with van der Waals surface area (Å²) in [6, 6.07) is 8.41. The average molecular weight is 258 g/mol. The quantitative estimate of drug-likeness (QED) is 0.671. The molecule has 2 rings (SSSR count). The predicted molar refractivity (Wildman–Crippen MR) is 43.4 cm³/mol. The molecule has 2 aromatic rings. The van der Waals surface area contributed by atoms with Gasteiger partial charge in [-0.05, 0) is 0 Å². The summed E-state index contributed by atoms with van der Waals surface area (Å²) in [4.78, 5) is 6.44. The van der Waals surface area contributed by atoms with E-state index in [0.29, 0.717) is 29.0 Å². The van der Waals surface area contributed by atoms with Crippen molar-refractivity contribution in [3.63, 3.8) is 0 Å². The SMILES string of the molecule is [c]1ccc(-c2cc[c][se]2)[se]1. The van der Waals surface area contributed by atoms with E-state index in [1.807, 2.05) is 12.1 Å². The Hall–Kier alpha value is -0.00104. The minimum atomic E-state index is 0.493. The van der Waals surface area contributed by atoms with Gasteiger partial charge in [-0.2, -0.15) is 0 Å². The first-order valence-electron chi connectivity index (χ1n) is 2.89. The van der Waals surface area contributed by atoms with E-state index in [4.69, 9.17) is 0 Å². The molecule has 2 heterocycles. The zero-order valence-corrected chi connectivity index (χ0v) is 8.55. The van der Waals surface area contributed by atoms with E-state index in [2.05, 4.69) is 22.0 Å². The van der Waals surface area contributed by atoms with Crippen molar-refractivity contribution >= 4 is 29.0 Å². The van der Waals surface area contributed by atoms with Crippen molar-refractivity contribution in [2.24, 2.45) is 0 Å². The van der Waals surface area contributed by atoms with Crippen LogP contribution >= 0.6 is 0 Å². The Labute approximate surface area is 72.0 Å². The average Bonchev–Trinajstić information content (AvgIpc) is 2.59. The molecule has 0 bridgehead atoms. The molecule has 0 N–H and O–H groups in total. The Morgan fingerprint density at radius 2 is 1.40 bits per heavy atom. The molecule has 0 aliphatic heterocycles. The van der Waals surface area contributed by atoms with Gasteiger partial charge in [-0.3, -0.25) is 0 Å². The predicted octanol–water partition coefficient (Wildman–Crippen LogP) is 1.07. The van der Waals surface area contributed by atoms with Crippen LogP contribution in [0.3, 0.4) is 0 Å². The summed E-state index contributed by atoms with van der Waals surface area (Å²) in [5.74, 6) is 0. The molecule has 0 unspecified atom stereocenters. The molecule has 10 heavy (non-hydrogen) atoms. The van der Waals surface area contributed by atoms with Gasteiger partial charge < -0.3 is 0 Å². The van der Waals surface area contributed by atoms with E-state index in [1.54, 1.807) is 0 Å². The fourth-order valence-electron chi connectivity index (χ4n) is 0.747. The summed E-state index contributed by atoms with van der Waals surface area (Å²) in [6.45, 7) is 0. The molecule has 0 aliphatic carbocycles. The van der Waals surface area contributed by atoms with Gasteiger partial charge >= 0.3 is 72.0 Å². The summed E-state index contributed by atoms with van der Waals surface area (Å²) in [7, 11) is 0. The Morgan fingerprint density at radius 3 is 1.70 bits per heavy atom. The summed E-state index contributed by atoms with van der Waals surface area (Å²) in [5, 5.41) is 0. The van der Waals surface area contributed by atoms with Gasteiger partial charge in [0.2, 0.25) is 0 Å². The third kappa shape index (κ3) is 1.21. The maximum absolute atomic E-state index is 3.22. The van der Waals surface area contributed by atoms with Gasteiger partial charge in [-0.1, -0.05) is 0 Å². The fraction of sp³-hybridized carbons (Fsp3) is 0. The van der Waals surface area contributed by atoms with Crippen LogP contribution in [0.15, 0.2) is 24.3 Å². The third-order valence-electron chi connectivity index (χ3n) is 1.19. The zero-order valence-electron chi connectivity index (χ0n) is 5.13. The Morgan fingerprint density at radius 1 is 0.900 bits per heavy atom. The molecule has 48 valence electrons. The second kappa shape index (κ2) is 2.94. The van der Waals surface area contributed by atoms with Crippen molar-refractivity contribution < 1.29 is 0 Å². The second-order valence-corrected chi connectivity index (χ2v) is 5.53. The van der Waals surface area contributed by atoms with Crippen molar-refractivity contribution in [1.29, 1.82) is 0 Å². The Bertz CT molecular complexity index is 247. The van der Waals surface area contributed by atoms with Crippen LogP contribution in [0.1, 0.15) is 0 Å². The summed E-state index contributed by atoms with van der Waals surface area (Å²) in [5.41, 5.74) is 0. The molecular formula is C8H4Se2. The van der Waals surface area contributed by atoms with E-state index in [1.165, 1.54) is 8.87 Å². The first kappa shape index (κ1) is 6.69. The van der Waals surface area contributed by atoms with Crippen LogP contribution in [-0.2, 0) is 0 Å². The summed E-state index contributed by atoms with van der Waals surface area (Å²) in [6.07, 6.45) is 0. The van der Waals surface area contributed by atoms with Gasteiger partial charge in [-0.25, -0.2) is 0 Å². The Kier molecular flexibility index (Phi) is 1.97.